The maximum absolute atomic E-state index is 5.68. The lowest BCUT2D eigenvalue weighted by atomic mass is 10.1. The summed E-state index contributed by atoms with van der Waals surface area (Å²) in [6, 6.07) is 10.3. The Morgan fingerprint density at radius 3 is 2.62 bits per heavy atom. The number of hydrogen-bond acceptors (Lipinski definition) is 2. The van der Waals surface area contributed by atoms with Crippen molar-refractivity contribution in [2.45, 2.75) is 25.7 Å². The van der Waals surface area contributed by atoms with Gasteiger partial charge in [-0.1, -0.05) is 31.0 Å². The van der Waals surface area contributed by atoms with Gasteiger partial charge in [0.1, 0.15) is 0 Å². The lowest BCUT2D eigenvalue weighted by molar-refractivity contribution is 0.109. The zero-order valence-corrected chi connectivity index (χ0v) is 9.82. The van der Waals surface area contributed by atoms with Crippen LogP contribution in [0.1, 0.15) is 25.7 Å². The standard InChI is InChI=1S/C14H21NO/c1-2-8-14(9-3-1)15-10-11-16-12-13-6-4-5-7-13/h1-3,8-9,13,15H,4-7,10-12H2. The first-order chi connectivity index (χ1) is 7.95. The van der Waals surface area contributed by atoms with Crippen LogP contribution in [0, 0.1) is 5.92 Å². The molecule has 0 aromatic heterocycles. The topological polar surface area (TPSA) is 21.3 Å². The van der Waals surface area contributed by atoms with Crippen molar-refractivity contribution in [1.82, 2.24) is 0 Å². The predicted molar refractivity (Wildman–Crippen MR) is 67.7 cm³/mol. The molecule has 1 saturated carbocycles. The van der Waals surface area contributed by atoms with E-state index in [-0.39, 0.29) is 0 Å². The van der Waals surface area contributed by atoms with E-state index in [9.17, 15) is 0 Å². The average molecular weight is 219 g/mol. The normalized spacial score (nSPS) is 16.5. The Labute approximate surface area is 98.0 Å². The largest absolute Gasteiger partial charge is 0.383 e. The molecular weight excluding hydrogens is 198 g/mol. The van der Waals surface area contributed by atoms with E-state index in [0.29, 0.717) is 0 Å². The first-order valence-electron chi connectivity index (χ1n) is 6.32. The van der Waals surface area contributed by atoms with Crippen molar-refractivity contribution in [3.63, 3.8) is 0 Å². The molecule has 1 aromatic rings. The minimum atomic E-state index is 0.811. The molecule has 16 heavy (non-hydrogen) atoms. The van der Waals surface area contributed by atoms with Crippen LogP contribution in [0.5, 0.6) is 0 Å². The molecule has 88 valence electrons. The Bertz CT molecular complexity index is 280. The molecule has 2 heteroatoms. The van der Waals surface area contributed by atoms with E-state index >= 15 is 0 Å². The fourth-order valence-electron chi connectivity index (χ4n) is 2.25. The molecule has 0 bridgehead atoms. The summed E-state index contributed by atoms with van der Waals surface area (Å²) in [5.74, 6) is 0.830. The van der Waals surface area contributed by atoms with Crippen molar-refractivity contribution in [2.75, 3.05) is 25.1 Å². The molecule has 1 aromatic carbocycles. The summed E-state index contributed by atoms with van der Waals surface area (Å²) in [5.41, 5.74) is 1.17. The molecule has 0 spiro atoms. The van der Waals surface area contributed by atoms with E-state index in [1.165, 1.54) is 31.4 Å². The summed E-state index contributed by atoms with van der Waals surface area (Å²) in [7, 11) is 0. The fourth-order valence-corrected chi connectivity index (χ4v) is 2.25. The van der Waals surface area contributed by atoms with Crippen LogP contribution in [0.3, 0.4) is 0 Å². The van der Waals surface area contributed by atoms with Crippen LogP contribution >= 0.6 is 0 Å². The number of benzene rings is 1. The van der Waals surface area contributed by atoms with E-state index in [4.69, 9.17) is 4.74 Å². The van der Waals surface area contributed by atoms with E-state index in [1.807, 2.05) is 18.2 Å². The maximum atomic E-state index is 5.68. The van der Waals surface area contributed by atoms with E-state index in [2.05, 4.69) is 17.4 Å². The van der Waals surface area contributed by atoms with Crippen molar-refractivity contribution in [2.24, 2.45) is 5.92 Å². The van der Waals surface area contributed by atoms with Gasteiger partial charge in [-0.05, 0) is 30.9 Å². The van der Waals surface area contributed by atoms with Crippen LogP contribution in [0.25, 0.3) is 0 Å². The molecule has 0 heterocycles. The van der Waals surface area contributed by atoms with Crippen molar-refractivity contribution in [3.8, 4) is 0 Å². The summed E-state index contributed by atoms with van der Waals surface area (Å²) in [5, 5.41) is 3.35. The maximum Gasteiger partial charge on any atom is 0.0639 e. The van der Waals surface area contributed by atoms with Gasteiger partial charge in [-0.3, -0.25) is 0 Å². The molecule has 1 N–H and O–H groups in total. The summed E-state index contributed by atoms with van der Waals surface area (Å²) in [6.45, 7) is 2.67. The molecular formula is C14H21NO. The first kappa shape index (κ1) is 11.5. The molecule has 1 fully saturated rings. The molecule has 0 radical (unpaired) electrons. The first-order valence-corrected chi connectivity index (χ1v) is 6.32. The molecule has 0 aliphatic heterocycles. The summed E-state index contributed by atoms with van der Waals surface area (Å²) < 4.78 is 5.68. The molecule has 2 rings (SSSR count). The third-order valence-corrected chi connectivity index (χ3v) is 3.18. The van der Waals surface area contributed by atoms with Gasteiger partial charge in [-0.25, -0.2) is 0 Å². The van der Waals surface area contributed by atoms with Gasteiger partial charge >= 0.3 is 0 Å². The predicted octanol–water partition coefficient (Wildman–Crippen LogP) is 3.31. The molecule has 0 saturated heterocycles. The number of para-hydroxylation sites is 1. The van der Waals surface area contributed by atoms with Crippen LogP contribution in [-0.4, -0.2) is 19.8 Å². The molecule has 1 aliphatic rings. The van der Waals surface area contributed by atoms with Crippen LogP contribution in [0.2, 0.25) is 0 Å². The highest BCUT2D eigenvalue weighted by Crippen LogP contribution is 2.24. The lowest BCUT2D eigenvalue weighted by Crippen LogP contribution is -2.13. The fraction of sp³-hybridized carbons (Fsp3) is 0.571. The van der Waals surface area contributed by atoms with Gasteiger partial charge in [0.2, 0.25) is 0 Å². The molecule has 2 nitrogen and oxygen atoms in total. The zero-order chi connectivity index (χ0) is 11.1. The second-order valence-electron chi connectivity index (χ2n) is 4.52. The van der Waals surface area contributed by atoms with Gasteiger partial charge < -0.3 is 10.1 Å². The number of ether oxygens (including phenoxy) is 1. The monoisotopic (exact) mass is 219 g/mol. The molecule has 1 aliphatic carbocycles. The summed E-state index contributed by atoms with van der Waals surface area (Å²) in [6.07, 6.45) is 5.53. The van der Waals surface area contributed by atoms with E-state index < -0.39 is 0 Å². The van der Waals surface area contributed by atoms with E-state index in [0.717, 1.165) is 25.7 Å². The zero-order valence-electron chi connectivity index (χ0n) is 9.82. The van der Waals surface area contributed by atoms with E-state index in [1.54, 1.807) is 0 Å². The highest BCUT2D eigenvalue weighted by Gasteiger charge is 2.14. The molecule has 0 amide bonds. The van der Waals surface area contributed by atoms with Crippen LogP contribution in [0.15, 0.2) is 30.3 Å². The smallest absolute Gasteiger partial charge is 0.0639 e. The van der Waals surface area contributed by atoms with Crippen molar-refractivity contribution in [3.05, 3.63) is 30.3 Å². The Balaban J connectivity index is 1.52. The third-order valence-electron chi connectivity index (χ3n) is 3.18. The number of nitrogens with one attached hydrogen (secondary N) is 1. The highest BCUT2D eigenvalue weighted by molar-refractivity contribution is 5.42. The Morgan fingerprint density at radius 1 is 1.12 bits per heavy atom. The van der Waals surface area contributed by atoms with Crippen molar-refractivity contribution < 1.29 is 4.74 Å². The minimum Gasteiger partial charge on any atom is -0.383 e. The highest BCUT2D eigenvalue weighted by atomic mass is 16.5. The van der Waals surface area contributed by atoms with Crippen molar-refractivity contribution >= 4 is 5.69 Å². The van der Waals surface area contributed by atoms with Gasteiger partial charge in [0.05, 0.1) is 6.61 Å². The summed E-state index contributed by atoms with van der Waals surface area (Å²) in [4.78, 5) is 0. The Kier molecular flexibility index (Phi) is 4.69. The molecule has 0 atom stereocenters. The van der Waals surface area contributed by atoms with Gasteiger partial charge in [0.25, 0.3) is 0 Å². The average Bonchev–Trinajstić information content (AvgIpc) is 2.83. The Hall–Kier alpha value is -1.02. The third kappa shape index (κ3) is 3.86. The van der Waals surface area contributed by atoms with Gasteiger partial charge in [0, 0.05) is 18.8 Å². The number of anilines is 1. The quantitative estimate of drug-likeness (QED) is 0.741. The molecule has 0 unspecified atom stereocenters. The van der Waals surface area contributed by atoms with Gasteiger partial charge in [0.15, 0.2) is 0 Å². The van der Waals surface area contributed by atoms with Crippen LogP contribution < -0.4 is 5.32 Å². The second kappa shape index (κ2) is 6.54. The number of rotatable bonds is 6. The van der Waals surface area contributed by atoms with Crippen LogP contribution in [0.4, 0.5) is 5.69 Å². The van der Waals surface area contributed by atoms with Gasteiger partial charge in [-0.2, -0.15) is 0 Å². The van der Waals surface area contributed by atoms with Crippen molar-refractivity contribution in [1.29, 1.82) is 0 Å². The van der Waals surface area contributed by atoms with Gasteiger partial charge in [-0.15, -0.1) is 0 Å². The SMILES string of the molecule is c1ccc(NCCOCC2CCCC2)cc1. The number of hydrogen-bond donors (Lipinski definition) is 1. The lowest BCUT2D eigenvalue weighted by Gasteiger charge is -2.10. The minimum absolute atomic E-state index is 0.811. The second-order valence-corrected chi connectivity index (χ2v) is 4.52. The summed E-state index contributed by atoms with van der Waals surface area (Å²) >= 11 is 0. The van der Waals surface area contributed by atoms with Crippen LogP contribution in [-0.2, 0) is 4.74 Å². The Morgan fingerprint density at radius 2 is 1.88 bits per heavy atom.